The van der Waals surface area contributed by atoms with Crippen LogP contribution in [0, 0.1) is 0 Å². The number of hydrogen-bond acceptors (Lipinski definition) is 5. The second-order valence-electron chi connectivity index (χ2n) is 5.74. The molecule has 2 aromatic heterocycles. The van der Waals surface area contributed by atoms with Crippen LogP contribution in [0.3, 0.4) is 0 Å². The Morgan fingerprint density at radius 1 is 1.65 bits per heavy atom. The largest absolute Gasteiger partial charge is 0.372 e. The molecule has 3 rings (SSSR count). The van der Waals surface area contributed by atoms with Crippen LogP contribution < -0.4 is 16.0 Å². The summed E-state index contributed by atoms with van der Waals surface area (Å²) in [6, 6.07) is 0.163. The highest BCUT2D eigenvalue weighted by molar-refractivity contribution is 9.10. The predicted molar refractivity (Wildman–Crippen MR) is 93.7 cm³/mol. The number of aromatic nitrogens is 2. The first kappa shape index (κ1) is 16.2. The van der Waals surface area contributed by atoms with Gasteiger partial charge in [0.25, 0.3) is 5.91 Å². The van der Waals surface area contributed by atoms with Crippen LogP contribution >= 0.6 is 15.9 Å². The summed E-state index contributed by atoms with van der Waals surface area (Å²) in [4.78, 5) is 21.9. The number of carbonyl (C=O) groups is 1. The molecule has 0 unspecified atom stereocenters. The van der Waals surface area contributed by atoms with Crippen molar-refractivity contribution in [1.82, 2.24) is 9.97 Å². The minimum Gasteiger partial charge on any atom is -0.372 e. The number of fused-ring (bicyclic) bond motifs is 1. The summed E-state index contributed by atoms with van der Waals surface area (Å²) in [5.74, 6) is -0.197. The molecular formula is C15H20BrN5O2. The summed E-state index contributed by atoms with van der Waals surface area (Å²) in [5.41, 5.74) is 8.46. The van der Waals surface area contributed by atoms with Gasteiger partial charge in [0.15, 0.2) is 0 Å². The summed E-state index contributed by atoms with van der Waals surface area (Å²) in [7, 11) is 1.51. The lowest BCUT2D eigenvalue weighted by Gasteiger charge is -2.21. The fourth-order valence-electron chi connectivity index (χ4n) is 2.80. The zero-order valence-electron chi connectivity index (χ0n) is 13.1. The molecule has 1 aliphatic rings. The number of halogens is 1. The number of pyridine rings is 1. The third kappa shape index (κ3) is 3.06. The molecule has 2 atom stereocenters. The Morgan fingerprint density at radius 3 is 3.09 bits per heavy atom. The molecule has 0 aliphatic carbocycles. The van der Waals surface area contributed by atoms with Crippen molar-refractivity contribution < 1.29 is 9.53 Å². The molecule has 0 bridgehead atoms. The second-order valence-corrected chi connectivity index (χ2v) is 6.60. The number of methoxy groups -OCH3 is 1. The van der Waals surface area contributed by atoms with E-state index < -0.39 is 6.10 Å². The van der Waals surface area contributed by atoms with Crippen molar-refractivity contribution >= 4 is 44.2 Å². The van der Waals surface area contributed by atoms with E-state index in [9.17, 15) is 4.79 Å². The van der Waals surface area contributed by atoms with E-state index in [1.807, 2.05) is 0 Å². The lowest BCUT2D eigenvalue weighted by molar-refractivity contribution is -0.124. The first-order valence-electron chi connectivity index (χ1n) is 7.51. The van der Waals surface area contributed by atoms with Gasteiger partial charge in [-0.3, -0.25) is 4.79 Å². The van der Waals surface area contributed by atoms with Crippen molar-refractivity contribution in [3.63, 3.8) is 0 Å². The maximum absolute atomic E-state index is 12.1. The Morgan fingerprint density at radius 2 is 2.43 bits per heavy atom. The minimum atomic E-state index is -0.524. The van der Waals surface area contributed by atoms with Crippen LogP contribution in [-0.2, 0) is 9.53 Å². The molecule has 0 saturated carbocycles. The molecule has 0 aromatic carbocycles. The Kier molecular flexibility index (Phi) is 4.56. The maximum Gasteiger partial charge on any atom is 0.253 e. The normalized spacial score (nSPS) is 19.3. The number of nitrogens with one attached hydrogen (secondary N) is 2. The quantitative estimate of drug-likeness (QED) is 0.750. The molecule has 4 N–H and O–H groups in total. The first-order chi connectivity index (χ1) is 11.0. The standard InChI is InChI=1S/C15H20BrN5O2/c1-8(23-2)15(22)20-11-6-19-14-12(11)13(10(16)5-18-14)21-4-3-9(17)7-21/h5-6,8-9H,3-4,7,17H2,1-2H3,(H,18,19)(H,20,22)/t8-,9+/m0/s1. The van der Waals surface area contributed by atoms with Gasteiger partial charge in [-0.1, -0.05) is 0 Å². The highest BCUT2D eigenvalue weighted by Gasteiger charge is 2.25. The first-order valence-corrected chi connectivity index (χ1v) is 8.30. The lowest BCUT2D eigenvalue weighted by atomic mass is 10.2. The number of amides is 1. The van der Waals surface area contributed by atoms with E-state index in [1.165, 1.54) is 7.11 Å². The fraction of sp³-hybridized carbons (Fsp3) is 0.467. The molecule has 0 radical (unpaired) electrons. The molecule has 23 heavy (non-hydrogen) atoms. The van der Waals surface area contributed by atoms with Gasteiger partial charge in [-0.25, -0.2) is 4.98 Å². The van der Waals surface area contributed by atoms with E-state index in [0.717, 1.165) is 40.7 Å². The van der Waals surface area contributed by atoms with Gasteiger partial charge < -0.3 is 25.7 Å². The average molecular weight is 382 g/mol. The number of nitrogens with zero attached hydrogens (tertiary/aromatic N) is 2. The van der Waals surface area contributed by atoms with Crippen molar-refractivity contribution in [2.45, 2.75) is 25.5 Å². The van der Waals surface area contributed by atoms with Gasteiger partial charge in [0.2, 0.25) is 0 Å². The summed E-state index contributed by atoms with van der Waals surface area (Å²) in [6.07, 6.45) is 3.94. The van der Waals surface area contributed by atoms with E-state index in [4.69, 9.17) is 10.5 Å². The van der Waals surface area contributed by atoms with Crippen molar-refractivity contribution in [2.75, 3.05) is 30.4 Å². The van der Waals surface area contributed by atoms with Crippen LogP contribution in [0.25, 0.3) is 11.0 Å². The Balaban J connectivity index is 2.03. The van der Waals surface area contributed by atoms with E-state index >= 15 is 0 Å². The van der Waals surface area contributed by atoms with Gasteiger partial charge in [0.1, 0.15) is 11.8 Å². The van der Waals surface area contributed by atoms with Crippen LogP contribution in [0.2, 0.25) is 0 Å². The number of ether oxygens (including phenoxy) is 1. The van der Waals surface area contributed by atoms with Crippen molar-refractivity contribution in [3.8, 4) is 0 Å². The highest BCUT2D eigenvalue weighted by Crippen LogP contribution is 2.39. The van der Waals surface area contributed by atoms with Gasteiger partial charge in [-0.2, -0.15) is 0 Å². The molecule has 1 fully saturated rings. The molecule has 8 heteroatoms. The van der Waals surface area contributed by atoms with Crippen molar-refractivity contribution in [3.05, 3.63) is 16.9 Å². The van der Waals surface area contributed by atoms with E-state index in [2.05, 4.69) is 36.1 Å². The van der Waals surface area contributed by atoms with Gasteiger partial charge in [0, 0.05) is 38.6 Å². The minimum absolute atomic E-state index is 0.163. The lowest BCUT2D eigenvalue weighted by Crippen LogP contribution is -2.28. The Labute approximate surface area is 142 Å². The summed E-state index contributed by atoms with van der Waals surface area (Å²) in [6.45, 7) is 3.37. The van der Waals surface area contributed by atoms with E-state index in [1.54, 1.807) is 19.3 Å². The van der Waals surface area contributed by atoms with Gasteiger partial charge in [0.05, 0.1) is 21.2 Å². The van der Waals surface area contributed by atoms with Crippen LogP contribution in [-0.4, -0.2) is 48.2 Å². The monoisotopic (exact) mass is 381 g/mol. The molecule has 7 nitrogen and oxygen atoms in total. The molecule has 1 saturated heterocycles. The van der Waals surface area contributed by atoms with Crippen LogP contribution in [0.5, 0.6) is 0 Å². The number of aromatic amines is 1. The number of anilines is 2. The zero-order chi connectivity index (χ0) is 16.6. The topological polar surface area (TPSA) is 96.3 Å². The number of carbonyl (C=O) groups excluding carboxylic acids is 1. The number of hydrogen-bond donors (Lipinski definition) is 3. The average Bonchev–Trinajstić information content (AvgIpc) is 3.13. The van der Waals surface area contributed by atoms with E-state index in [-0.39, 0.29) is 11.9 Å². The third-order valence-electron chi connectivity index (χ3n) is 4.15. The third-order valence-corrected chi connectivity index (χ3v) is 4.73. The molecular weight excluding hydrogens is 362 g/mol. The van der Waals surface area contributed by atoms with Crippen molar-refractivity contribution in [2.24, 2.45) is 5.73 Å². The number of rotatable bonds is 4. The SMILES string of the molecule is CO[C@@H](C)C(=O)Nc1c[nH]c2ncc(Br)c(N3CC[C@@H](N)C3)c12. The second kappa shape index (κ2) is 6.46. The fourth-order valence-corrected chi connectivity index (χ4v) is 3.35. The molecule has 1 amide bonds. The summed E-state index contributed by atoms with van der Waals surface area (Å²) < 4.78 is 5.95. The molecule has 2 aromatic rings. The summed E-state index contributed by atoms with van der Waals surface area (Å²) in [5, 5.41) is 3.78. The van der Waals surface area contributed by atoms with Crippen LogP contribution in [0.1, 0.15) is 13.3 Å². The molecule has 3 heterocycles. The predicted octanol–water partition coefficient (Wildman–Crippen LogP) is 1.84. The molecule has 0 spiro atoms. The zero-order valence-corrected chi connectivity index (χ0v) is 14.7. The molecule has 1 aliphatic heterocycles. The van der Waals surface area contributed by atoms with Gasteiger partial charge in [-0.05, 0) is 29.3 Å². The van der Waals surface area contributed by atoms with Crippen molar-refractivity contribution in [1.29, 1.82) is 0 Å². The maximum atomic E-state index is 12.1. The molecule has 124 valence electrons. The van der Waals surface area contributed by atoms with E-state index in [0.29, 0.717) is 5.69 Å². The van der Waals surface area contributed by atoms with Crippen LogP contribution in [0.4, 0.5) is 11.4 Å². The Hall–Kier alpha value is -1.64. The summed E-state index contributed by atoms with van der Waals surface area (Å²) >= 11 is 3.58. The number of H-pyrrole nitrogens is 1. The Bertz CT molecular complexity index is 732. The smallest absolute Gasteiger partial charge is 0.253 e. The van der Waals surface area contributed by atoms with Crippen LogP contribution in [0.15, 0.2) is 16.9 Å². The highest BCUT2D eigenvalue weighted by atomic mass is 79.9. The van der Waals surface area contributed by atoms with Gasteiger partial charge >= 0.3 is 0 Å². The van der Waals surface area contributed by atoms with Gasteiger partial charge in [-0.15, -0.1) is 0 Å². The number of nitrogens with two attached hydrogens (primary N) is 1.